The van der Waals surface area contributed by atoms with E-state index >= 15 is 0 Å². The van der Waals surface area contributed by atoms with E-state index in [9.17, 15) is 4.79 Å². The first-order valence-corrected chi connectivity index (χ1v) is 6.65. The molecule has 1 saturated heterocycles. The van der Waals surface area contributed by atoms with E-state index < -0.39 is 0 Å². The summed E-state index contributed by atoms with van der Waals surface area (Å²) in [7, 11) is 1.91. The van der Waals surface area contributed by atoms with Crippen LogP contribution in [0.5, 0.6) is 0 Å². The number of carbonyl (C=O) groups excluding carboxylic acids is 1. The Bertz CT molecular complexity index is 271. The van der Waals surface area contributed by atoms with E-state index in [0.717, 1.165) is 32.6 Å². The monoisotopic (exact) mass is 240 g/mol. The van der Waals surface area contributed by atoms with Gasteiger partial charge >= 0.3 is 0 Å². The van der Waals surface area contributed by atoms with Gasteiger partial charge in [-0.25, -0.2) is 0 Å². The highest BCUT2D eigenvalue weighted by Crippen LogP contribution is 2.28. The zero-order valence-electron chi connectivity index (χ0n) is 11.0. The molecule has 0 aromatic carbocycles. The van der Waals surface area contributed by atoms with Gasteiger partial charge in [-0.1, -0.05) is 6.92 Å². The molecule has 1 saturated carbocycles. The molecule has 0 spiro atoms. The summed E-state index contributed by atoms with van der Waals surface area (Å²) in [5, 5.41) is 3.31. The lowest BCUT2D eigenvalue weighted by Crippen LogP contribution is -2.42. The van der Waals surface area contributed by atoms with E-state index in [4.69, 9.17) is 4.74 Å². The van der Waals surface area contributed by atoms with Crippen LogP contribution in [0.2, 0.25) is 0 Å². The molecule has 2 aliphatic rings. The van der Waals surface area contributed by atoms with Crippen molar-refractivity contribution < 1.29 is 9.53 Å². The fourth-order valence-corrected chi connectivity index (χ4v) is 2.30. The molecule has 0 unspecified atom stereocenters. The number of rotatable bonds is 5. The molecule has 4 nitrogen and oxygen atoms in total. The number of hydrogen-bond acceptors (Lipinski definition) is 3. The molecule has 2 fully saturated rings. The van der Waals surface area contributed by atoms with Gasteiger partial charge in [-0.05, 0) is 31.1 Å². The van der Waals surface area contributed by atoms with Gasteiger partial charge in [-0.15, -0.1) is 0 Å². The topological polar surface area (TPSA) is 41.6 Å². The molecule has 4 heteroatoms. The molecule has 1 aliphatic carbocycles. The number of nitrogens with one attached hydrogen (secondary N) is 1. The average Bonchev–Trinajstić information content (AvgIpc) is 3.12. The van der Waals surface area contributed by atoms with Gasteiger partial charge in [0.1, 0.15) is 0 Å². The molecule has 0 bridgehead atoms. The van der Waals surface area contributed by atoms with Crippen LogP contribution in [0.25, 0.3) is 0 Å². The average molecular weight is 240 g/mol. The number of amides is 1. The van der Waals surface area contributed by atoms with Gasteiger partial charge in [0.25, 0.3) is 0 Å². The fraction of sp³-hybridized carbons (Fsp3) is 0.923. The third-order valence-electron chi connectivity index (χ3n) is 4.02. The van der Waals surface area contributed by atoms with Crippen molar-refractivity contribution in [2.45, 2.75) is 38.6 Å². The molecule has 0 aromatic rings. The Labute approximate surface area is 104 Å². The summed E-state index contributed by atoms with van der Waals surface area (Å²) in [6.45, 7) is 5.38. The van der Waals surface area contributed by atoms with Gasteiger partial charge in [0.05, 0.1) is 6.54 Å². The minimum Gasteiger partial charge on any atom is -0.381 e. The van der Waals surface area contributed by atoms with Gasteiger partial charge < -0.3 is 15.0 Å². The molecule has 0 radical (unpaired) electrons. The van der Waals surface area contributed by atoms with Crippen molar-refractivity contribution in [3.8, 4) is 0 Å². The Balaban J connectivity index is 1.65. The number of carbonyl (C=O) groups is 1. The lowest BCUT2D eigenvalue weighted by Gasteiger charge is -2.33. The van der Waals surface area contributed by atoms with Crippen molar-refractivity contribution in [1.29, 1.82) is 0 Å². The first kappa shape index (κ1) is 12.8. The highest BCUT2D eigenvalue weighted by atomic mass is 16.5. The summed E-state index contributed by atoms with van der Waals surface area (Å²) >= 11 is 0. The highest BCUT2D eigenvalue weighted by molar-refractivity contribution is 5.78. The summed E-state index contributed by atoms with van der Waals surface area (Å²) in [6, 6.07) is 0.517. The van der Waals surface area contributed by atoms with Crippen LogP contribution >= 0.6 is 0 Å². The molecule has 17 heavy (non-hydrogen) atoms. The van der Waals surface area contributed by atoms with Crippen molar-refractivity contribution >= 4 is 5.91 Å². The van der Waals surface area contributed by atoms with Gasteiger partial charge in [0, 0.05) is 32.8 Å². The molecular weight excluding hydrogens is 216 g/mol. The third kappa shape index (κ3) is 3.68. The Kier molecular flexibility index (Phi) is 4.05. The molecule has 1 heterocycles. The maximum absolute atomic E-state index is 11.8. The van der Waals surface area contributed by atoms with Gasteiger partial charge in [0.2, 0.25) is 5.91 Å². The Morgan fingerprint density at radius 3 is 2.65 bits per heavy atom. The summed E-state index contributed by atoms with van der Waals surface area (Å²) in [5.74, 6) is 0.225. The van der Waals surface area contributed by atoms with E-state index in [1.54, 1.807) is 0 Å². The Morgan fingerprint density at radius 2 is 2.06 bits per heavy atom. The highest BCUT2D eigenvalue weighted by Gasteiger charge is 2.30. The minimum absolute atomic E-state index is 0.225. The number of likely N-dealkylation sites (N-methyl/N-ethyl adjacent to an activating group) is 1. The van der Waals surface area contributed by atoms with E-state index in [1.807, 2.05) is 11.9 Å². The normalized spacial score (nSPS) is 23.4. The second-order valence-electron chi connectivity index (χ2n) is 5.76. The first-order chi connectivity index (χ1) is 8.11. The summed E-state index contributed by atoms with van der Waals surface area (Å²) in [5.41, 5.74) is 0.302. The van der Waals surface area contributed by atoms with Crippen molar-refractivity contribution in [2.75, 3.05) is 33.4 Å². The van der Waals surface area contributed by atoms with Crippen LogP contribution in [0, 0.1) is 5.41 Å². The van der Waals surface area contributed by atoms with Crippen LogP contribution in [0.3, 0.4) is 0 Å². The Hall–Kier alpha value is -0.610. The van der Waals surface area contributed by atoms with Gasteiger partial charge in [-0.2, -0.15) is 0 Å². The zero-order valence-corrected chi connectivity index (χ0v) is 11.0. The van der Waals surface area contributed by atoms with Crippen LogP contribution in [-0.4, -0.2) is 50.2 Å². The van der Waals surface area contributed by atoms with E-state index in [1.165, 1.54) is 12.8 Å². The molecule has 0 atom stereocenters. The molecular formula is C13H24N2O2. The predicted octanol–water partition coefficient (Wildman–Crippen LogP) is 1.01. The largest absolute Gasteiger partial charge is 0.381 e. The van der Waals surface area contributed by atoms with E-state index in [0.29, 0.717) is 18.0 Å². The van der Waals surface area contributed by atoms with Crippen LogP contribution in [-0.2, 0) is 9.53 Å². The minimum atomic E-state index is 0.225. The van der Waals surface area contributed by atoms with Crippen molar-refractivity contribution in [3.63, 3.8) is 0 Å². The lowest BCUT2D eigenvalue weighted by atomic mass is 9.82. The SMILES string of the molecule is CN(C(=O)CNCC1(C)CCOCC1)C1CC1. The predicted molar refractivity (Wildman–Crippen MR) is 66.8 cm³/mol. The molecule has 1 amide bonds. The summed E-state index contributed by atoms with van der Waals surface area (Å²) in [4.78, 5) is 13.7. The van der Waals surface area contributed by atoms with Crippen LogP contribution < -0.4 is 5.32 Å². The van der Waals surface area contributed by atoms with Crippen LogP contribution in [0.1, 0.15) is 32.6 Å². The van der Waals surface area contributed by atoms with Crippen molar-refractivity contribution in [1.82, 2.24) is 10.2 Å². The summed E-state index contributed by atoms with van der Waals surface area (Å²) in [6.07, 6.45) is 4.54. The molecule has 0 aromatic heterocycles. The van der Waals surface area contributed by atoms with E-state index in [2.05, 4.69) is 12.2 Å². The fourth-order valence-electron chi connectivity index (χ4n) is 2.30. The van der Waals surface area contributed by atoms with Gasteiger partial charge in [-0.3, -0.25) is 4.79 Å². The summed E-state index contributed by atoms with van der Waals surface area (Å²) < 4.78 is 5.37. The van der Waals surface area contributed by atoms with E-state index in [-0.39, 0.29) is 5.91 Å². The number of nitrogens with zero attached hydrogens (tertiary/aromatic N) is 1. The van der Waals surface area contributed by atoms with Crippen LogP contribution in [0.4, 0.5) is 0 Å². The maximum atomic E-state index is 11.8. The molecule has 1 aliphatic heterocycles. The van der Waals surface area contributed by atoms with Crippen LogP contribution in [0.15, 0.2) is 0 Å². The molecule has 2 rings (SSSR count). The smallest absolute Gasteiger partial charge is 0.236 e. The lowest BCUT2D eigenvalue weighted by molar-refractivity contribution is -0.129. The number of ether oxygens (including phenoxy) is 1. The van der Waals surface area contributed by atoms with Crippen molar-refractivity contribution in [2.24, 2.45) is 5.41 Å². The molecule has 1 N–H and O–H groups in total. The second kappa shape index (κ2) is 5.36. The Morgan fingerprint density at radius 1 is 1.41 bits per heavy atom. The number of hydrogen-bond donors (Lipinski definition) is 1. The zero-order chi connectivity index (χ0) is 12.3. The van der Waals surface area contributed by atoms with Gasteiger partial charge in [0.15, 0.2) is 0 Å². The standard InChI is InChI=1S/C13H24N2O2/c1-13(5-7-17-8-6-13)10-14-9-12(16)15(2)11-3-4-11/h11,14H,3-10H2,1-2H3. The quantitative estimate of drug-likeness (QED) is 0.780. The molecule has 98 valence electrons. The first-order valence-electron chi connectivity index (χ1n) is 6.65. The van der Waals surface area contributed by atoms with Crippen molar-refractivity contribution in [3.05, 3.63) is 0 Å². The maximum Gasteiger partial charge on any atom is 0.236 e. The second-order valence-corrected chi connectivity index (χ2v) is 5.76. The third-order valence-corrected chi connectivity index (χ3v) is 4.02.